The Morgan fingerprint density at radius 1 is 1.39 bits per heavy atom. The number of nitrogens with zero attached hydrogens (tertiary/aromatic N) is 1. The van der Waals surface area contributed by atoms with E-state index < -0.39 is 5.97 Å². The molecule has 0 saturated heterocycles. The van der Waals surface area contributed by atoms with Crippen molar-refractivity contribution in [2.24, 2.45) is 0 Å². The fourth-order valence-electron chi connectivity index (χ4n) is 2.03. The summed E-state index contributed by atoms with van der Waals surface area (Å²) in [6.45, 7) is 6.28. The number of nitrogen functional groups attached to an aromatic ring is 1. The Balaban J connectivity index is 3.11. The Morgan fingerprint density at radius 2 is 1.94 bits per heavy atom. The first-order valence-corrected chi connectivity index (χ1v) is 6.25. The minimum atomic E-state index is -1.03. The minimum absolute atomic E-state index is 0.0851. The van der Waals surface area contributed by atoms with E-state index in [1.807, 2.05) is 0 Å². The maximum Gasteiger partial charge on any atom is 0.337 e. The van der Waals surface area contributed by atoms with Crippen LogP contribution in [0, 0.1) is 0 Å². The number of carboxylic acids is 1. The lowest BCUT2D eigenvalue weighted by Gasteiger charge is -2.33. The third kappa shape index (κ3) is 2.72. The van der Waals surface area contributed by atoms with Crippen LogP contribution in [-0.2, 0) is 0 Å². The molecule has 1 aromatic rings. The van der Waals surface area contributed by atoms with Gasteiger partial charge in [0, 0.05) is 11.7 Å². The highest BCUT2D eigenvalue weighted by Gasteiger charge is 2.25. The predicted molar refractivity (Wildman–Crippen MR) is 72.8 cm³/mol. The largest absolute Gasteiger partial charge is 0.478 e. The van der Waals surface area contributed by atoms with Crippen molar-refractivity contribution in [1.82, 2.24) is 4.98 Å². The molecule has 0 aromatic carbocycles. The quantitative estimate of drug-likeness (QED) is 0.723. The Bertz CT molecular complexity index is 420. The fraction of sp³-hybridized carbons (Fsp3) is 0.538. The molecule has 0 aliphatic heterocycles. The highest BCUT2D eigenvalue weighted by molar-refractivity contribution is 5.96. The van der Waals surface area contributed by atoms with Crippen molar-refractivity contribution in [3.63, 3.8) is 0 Å². The molecule has 0 bridgehead atoms. The summed E-state index contributed by atoms with van der Waals surface area (Å²) in [6.07, 6.45) is 4.25. The molecule has 1 rings (SSSR count). The molecular weight excluding hydrogens is 230 g/mol. The lowest BCUT2D eigenvalue weighted by Crippen LogP contribution is -2.36. The molecule has 0 atom stereocenters. The molecule has 0 aliphatic carbocycles. The van der Waals surface area contributed by atoms with Gasteiger partial charge in [-0.1, -0.05) is 20.8 Å². The van der Waals surface area contributed by atoms with Crippen molar-refractivity contribution >= 4 is 17.5 Å². The number of carboxylic acid groups (broad SMARTS) is 1. The number of hydrogen-bond donors (Lipinski definition) is 3. The Hall–Kier alpha value is -1.78. The van der Waals surface area contributed by atoms with Gasteiger partial charge in [-0.3, -0.25) is 0 Å². The second-order valence-electron chi connectivity index (χ2n) is 4.39. The average molecular weight is 251 g/mol. The number of hydrogen-bond acceptors (Lipinski definition) is 4. The number of rotatable bonds is 6. The first kappa shape index (κ1) is 14.3. The number of anilines is 2. The number of carbonyl (C=O) groups is 1. The van der Waals surface area contributed by atoms with Crippen molar-refractivity contribution in [3.8, 4) is 0 Å². The van der Waals surface area contributed by atoms with E-state index in [1.54, 1.807) is 0 Å². The summed E-state index contributed by atoms with van der Waals surface area (Å²) < 4.78 is 0. The maximum absolute atomic E-state index is 11.0. The van der Waals surface area contributed by atoms with Crippen LogP contribution in [0.4, 0.5) is 11.5 Å². The van der Waals surface area contributed by atoms with Crippen LogP contribution in [-0.4, -0.2) is 21.6 Å². The molecule has 0 aliphatic rings. The summed E-state index contributed by atoms with van der Waals surface area (Å²) in [6, 6.07) is 1.41. The van der Waals surface area contributed by atoms with Crippen LogP contribution in [0.5, 0.6) is 0 Å². The zero-order valence-corrected chi connectivity index (χ0v) is 11.2. The molecule has 18 heavy (non-hydrogen) atoms. The number of nitrogens with two attached hydrogens (primary N) is 1. The van der Waals surface area contributed by atoms with E-state index in [9.17, 15) is 4.79 Å². The third-order valence-electron chi connectivity index (χ3n) is 3.63. The second-order valence-corrected chi connectivity index (χ2v) is 4.39. The molecule has 0 fully saturated rings. The van der Waals surface area contributed by atoms with E-state index in [-0.39, 0.29) is 16.8 Å². The van der Waals surface area contributed by atoms with Crippen molar-refractivity contribution in [3.05, 3.63) is 17.8 Å². The van der Waals surface area contributed by atoms with E-state index in [0.717, 1.165) is 19.3 Å². The summed E-state index contributed by atoms with van der Waals surface area (Å²) in [4.78, 5) is 15.2. The molecule has 4 N–H and O–H groups in total. The van der Waals surface area contributed by atoms with Gasteiger partial charge in [0.1, 0.15) is 5.82 Å². The van der Waals surface area contributed by atoms with Crippen LogP contribution < -0.4 is 11.1 Å². The normalized spacial score (nSPS) is 11.3. The maximum atomic E-state index is 11.0. The standard InChI is InChI=1S/C13H21N3O2/c1-4-13(5-2,6-3)16-11-10(14)9(12(17)18)7-8-15-11/h7-8H,4-6,14H2,1-3H3,(H,15,16)(H,17,18). The van der Waals surface area contributed by atoms with Crippen LogP contribution in [0.3, 0.4) is 0 Å². The minimum Gasteiger partial charge on any atom is -0.478 e. The first-order valence-electron chi connectivity index (χ1n) is 6.25. The first-order chi connectivity index (χ1) is 8.49. The molecule has 100 valence electrons. The lowest BCUT2D eigenvalue weighted by molar-refractivity contribution is 0.0698. The van der Waals surface area contributed by atoms with E-state index in [0.29, 0.717) is 5.82 Å². The Kier molecular flexibility index (Phi) is 4.53. The fourth-order valence-corrected chi connectivity index (χ4v) is 2.03. The zero-order chi connectivity index (χ0) is 13.8. The topological polar surface area (TPSA) is 88.2 Å². The van der Waals surface area contributed by atoms with Crippen molar-refractivity contribution < 1.29 is 9.90 Å². The van der Waals surface area contributed by atoms with Crippen molar-refractivity contribution in [1.29, 1.82) is 0 Å². The van der Waals surface area contributed by atoms with E-state index >= 15 is 0 Å². The molecular formula is C13H21N3O2. The summed E-state index contributed by atoms with van der Waals surface area (Å²) in [5.41, 5.74) is 6.05. The van der Waals surface area contributed by atoms with Gasteiger partial charge < -0.3 is 16.2 Å². The van der Waals surface area contributed by atoms with Crippen LogP contribution in [0.1, 0.15) is 50.4 Å². The van der Waals surface area contributed by atoms with Crippen LogP contribution in [0.25, 0.3) is 0 Å². The van der Waals surface area contributed by atoms with Gasteiger partial charge in [-0.25, -0.2) is 9.78 Å². The predicted octanol–water partition coefficient (Wildman–Crippen LogP) is 2.74. The molecule has 0 spiro atoms. The monoisotopic (exact) mass is 251 g/mol. The number of aromatic nitrogens is 1. The molecule has 0 unspecified atom stereocenters. The SMILES string of the molecule is CCC(CC)(CC)Nc1nccc(C(=O)O)c1N. The van der Waals surface area contributed by atoms with Gasteiger partial charge in [-0.05, 0) is 25.3 Å². The van der Waals surface area contributed by atoms with Crippen LogP contribution in [0.2, 0.25) is 0 Å². The molecule has 0 radical (unpaired) electrons. The highest BCUT2D eigenvalue weighted by atomic mass is 16.4. The van der Waals surface area contributed by atoms with Crippen LogP contribution in [0.15, 0.2) is 12.3 Å². The summed E-state index contributed by atoms with van der Waals surface area (Å²) in [5, 5.41) is 12.3. The van der Waals surface area contributed by atoms with E-state index in [2.05, 4.69) is 31.1 Å². The lowest BCUT2D eigenvalue weighted by atomic mass is 9.89. The van der Waals surface area contributed by atoms with Gasteiger partial charge in [-0.2, -0.15) is 0 Å². The molecule has 5 nitrogen and oxygen atoms in total. The summed E-state index contributed by atoms with van der Waals surface area (Å²) in [5.74, 6) is -0.575. The zero-order valence-electron chi connectivity index (χ0n) is 11.2. The van der Waals surface area contributed by atoms with Gasteiger partial charge in [0.05, 0.1) is 11.3 Å². The van der Waals surface area contributed by atoms with Gasteiger partial charge in [-0.15, -0.1) is 0 Å². The highest BCUT2D eigenvalue weighted by Crippen LogP contribution is 2.28. The second kappa shape index (κ2) is 5.71. The summed E-state index contributed by atoms with van der Waals surface area (Å²) in [7, 11) is 0. The number of pyridine rings is 1. The Morgan fingerprint density at radius 3 is 2.39 bits per heavy atom. The molecule has 5 heteroatoms. The van der Waals surface area contributed by atoms with E-state index in [1.165, 1.54) is 12.3 Å². The Labute approximate surface area is 107 Å². The van der Waals surface area contributed by atoms with E-state index in [4.69, 9.17) is 10.8 Å². The average Bonchev–Trinajstić information content (AvgIpc) is 2.38. The van der Waals surface area contributed by atoms with Crippen molar-refractivity contribution in [2.45, 2.75) is 45.6 Å². The molecule has 0 amide bonds. The van der Waals surface area contributed by atoms with Gasteiger partial charge >= 0.3 is 5.97 Å². The summed E-state index contributed by atoms with van der Waals surface area (Å²) >= 11 is 0. The third-order valence-corrected chi connectivity index (χ3v) is 3.63. The molecule has 0 saturated carbocycles. The number of nitrogens with one attached hydrogen (secondary N) is 1. The number of aromatic carboxylic acids is 1. The van der Waals surface area contributed by atoms with Gasteiger partial charge in [0.15, 0.2) is 0 Å². The molecule has 1 aromatic heterocycles. The molecule has 1 heterocycles. The van der Waals surface area contributed by atoms with Gasteiger partial charge in [0.2, 0.25) is 0 Å². The smallest absolute Gasteiger partial charge is 0.337 e. The van der Waals surface area contributed by atoms with Gasteiger partial charge in [0.25, 0.3) is 0 Å². The van der Waals surface area contributed by atoms with Crippen LogP contribution >= 0.6 is 0 Å². The van der Waals surface area contributed by atoms with Crippen molar-refractivity contribution in [2.75, 3.05) is 11.1 Å².